The summed E-state index contributed by atoms with van der Waals surface area (Å²) in [6.45, 7) is 4.54. The Labute approximate surface area is 108 Å². The molecule has 0 aliphatic heterocycles. The molecule has 3 heteroatoms. The lowest BCUT2D eigenvalue weighted by molar-refractivity contribution is 0.212. The number of benzene rings is 1. The molecule has 1 atom stereocenters. The predicted molar refractivity (Wildman–Crippen MR) is 72.6 cm³/mol. The van der Waals surface area contributed by atoms with Gasteiger partial charge in [-0.15, -0.1) is 0 Å². The van der Waals surface area contributed by atoms with E-state index in [0.29, 0.717) is 6.54 Å². The molecule has 3 nitrogen and oxygen atoms in total. The summed E-state index contributed by atoms with van der Waals surface area (Å²) >= 11 is 0. The Morgan fingerprint density at radius 2 is 2.11 bits per heavy atom. The van der Waals surface area contributed by atoms with Crippen LogP contribution in [0.3, 0.4) is 0 Å². The summed E-state index contributed by atoms with van der Waals surface area (Å²) < 4.78 is 5.97. The summed E-state index contributed by atoms with van der Waals surface area (Å²) in [4.78, 5) is 4.10. The summed E-state index contributed by atoms with van der Waals surface area (Å²) in [5, 5.41) is 0. The van der Waals surface area contributed by atoms with E-state index in [-0.39, 0.29) is 6.10 Å². The Hall–Kier alpha value is -1.87. The fourth-order valence-corrected chi connectivity index (χ4v) is 1.90. The monoisotopic (exact) mass is 242 g/mol. The summed E-state index contributed by atoms with van der Waals surface area (Å²) in [6.07, 6.45) is 3.38. The summed E-state index contributed by atoms with van der Waals surface area (Å²) in [5.41, 5.74) is 9.13. The number of rotatable bonds is 4. The zero-order chi connectivity index (χ0) is 13.0. The Balaban J connectivity index is 2.21. The maximum Gasteiger partial charge on any atom is 0.137 e. The topological polar surface area (TPSA) is 48.1 Å². The van der Waals surface area contributed by atoms with Crippen LogP contribution in [-0.2, 0) is 0 Å². The molecule has 0 saturated heterocycles. The second kappa shape index (κ2) is 5.65. The molecule has 2 rings (SSSR count). The van der Waals surface area contributed by atoms with Crippen LogP contribution in [0.25, 0.3) is 0 Å². The van der Waals surface area contributed by atoms with Crippen molar-refractivity contribution in [3.8, 4) is 5.75 Å². The molecule has 94 valence electrons. The zero-order valence-corrected chi connectivity index (χ0v) is 10.8. The number of aromatic nitrogens is 1. The average molecular weight is 242 g/mol. The van der Waals surface area contributed by atoms with Gasteiger partial charge in [0, 0.05) is 24.5 Å². The number of hydrogen-bond acceptors (Lipinski definition) is 3. The minimum Gasteiger partial charge on any atom is -0.484 e. The number of nitrogens with two attached hydrogens (primary N) is 1. The molecule has 2 N–H and O–H groups in total. The lowest BCUT2D eigenvalue weighted by Gasteiger charge is -2.19. The molecule has 1 aromatic heterocycles. The lowest BCUT2D eigenvalue weighted by atomic mass is 10.1. The van der Waals surface area contributed by atoms with Gasteiger partial charge in [-0.25, -0.2) is 0 Å². The Kier molecular flexibility index (Phi) is 3.95. The first kappa shape index (κ1) is 12.6. The van der Waals surface area contributed by atoms with Gasteiger partial charge < -0.3 is 10.5 Å². The quantitative estimate of drug-likeness (QED) is 0.896. The van der Waals surface area contributed by atoms with E-state index in [1.165, 1.54) is 5.56 Å². The van der Waals surface area contributed by atoms with Crippen LogP contribution in [-0.4, -0.2) is 11.5 Å². The van der Waals surface area contributed by atoms with Gasteiger partial charge in [-0.05, 0) is 31.5 Å². The minimum absolute atomic E-state index is 0.153. The highest BCUT2D eigenvalue weighted by Crippen LogP contribution is 2.24. The molecule has 0 aliphatic rings. The molecule has 1 unspecified atom stereocenters. The van der Waals surface area contributed by atoms with Crippen molar-refractivity contribution in [2.24, 2.45) is 5.73 Å². The van der Waals surface area contributed by atoms with Crippen LogP contribution in [0.15, 0.2) is 42.7 Å². The second-order valence-electron chi connectivity index (χ2n) is 4.40. The molecular weight excluding hydrogens is 224 g/mol. The van der Waals surface area contributed by atoms with Crippen LogP contribution in [0.4, 0.5) is 0 Å². The van der Waals surface area contributed by atoms with Crippen molar-refractivity contribution in [3.63, 3.8) is 0 Å². The molecule has 0 saturated carbocycles. The van der Waals surface area contributed by atoms with Gasteiger partial charge in [0.05, 0.1) is 0 Å². The van der Waals surface area contributed by atoms with Crippen molar-refractivity contribution in [2.75, 3.05) is 6.54 Å². The third kappa shape index (κ3) is 2.87. The van der Waals surface area contributed by atoms with E-state index >= 15 is 0 Å². The summed E-state index contributed by atoms with van der Waals surface area (Å²) in [5.74, 6) is 0.875. The number of nitrogens with zero attached hydrogens (tertiary/aromatic N) is 1. The molecule has 0 amide bonds. The molecule has 1 aromatic carbocycles. The van der Waals surface area contributed by atoms with Gasteiger partial charge in [0.2, 0.25) is 0 Å². The van der Waals surface area contributed by atoms with E-state index in [2.05, 4.69) is 18.0 Å². The molecule has 0 aliphatic carbocycles. The van der Waals surface area contributed by atoms with Gasteiger partial charge in [-0.2, -0.15) is 0 Å². The Morgan fingerprint density at radius 1 is 1.28 bits per heavy atom. The van der Waals surface area contributed by atoms with Crippen molar-refractivity contribution in [3.05, 3.63) is 59.4 Å². The molecule has 1 heterocycles. The van der Waals surface area contributed by atoms with Gasteiger partial charge >= 0.3 is 0 Å². The number of aryl methyl sites for hydroxylation is 2. The van der Waals surface area contributed by atoms with Crippen molar-refractivity contribution in [1.29, 1.82) is 0 Å². The highest BCUT2D eigenvalue weighted by molar-refractivity contribution is 5.36. The standard InChI is InChI=1S/C15H18N2O/c1-11-5-6-14(12(2)8-11)18-15(9-16)13-4-3-7-17-10-13/h3-8,10,15H,9,16H2,1-2H3. The van der Waals surface area contributed by atoms with E-state index in [0.717, 1.165) is 16.9 Å². The Morgan fingerprint density at radius 3 is 2.72 bits per heavy atom. The summed E-state index contributed by atoms with van der Waals surface area (Å²) in [6, 6.07) is 10.0. The highest BCUT2D eigenvalue weighted by atomic mass is 16.5. The zero-order valence-electron chi connectivity index (χ0n) is 10.8. The van der Waals surface area contributed by atoms with Crippen molar-refractivity contribution >= 4 is 0 Å². The van der Waals surface area contributed by atoms with Crippen molar-refractivity contribution < 1.29 is 4.74 Å². The minimum atomic E-state index is -0.153. The van der Waals surface area contributed by atoms with Crippen LogP contribution in [0.2, 0.25) is 0 Å². The van der Waals surface area contributed by atoms with Gasteiger partial charge in [0.1, 0.15) is 11.9 Å². The molecular formula is C15H18N2O. The number of pyridine rings is 1. The maximum absolute atomic E-state index is 5.97. The molecule has 0 radical (unpaired) electrons. The van der Waals surface area contributed by atoms with Gasteiger partial charge in [0.25, 0.3) is 0 Å². The van der Waals surface area contributed by atoms with E-state index in [1.807, 2.05) is 31.2 Å². The Bertz CT molecular complexity index is 511. The first-order chi connectivity index (χ1) is 8.70. The predicted octanol–water partition coefficient (Wildman–Crippen LogP) is 2.78. The van der Waals surface area contributed by atoms with E-state index < -0.39 is 0 Å². The normalized spacial score (nSPS) is 12.2. The number of hydrogen-bond donors (Lipinski definition) is 1. The third-order valence-electron chi connectivity index (χ3n) is 2.87. The van der Waals surface area contributed by atoms with Gasteiger partial charge in [0.15, 0.2) is 0 Å². The molecule has 0 fully saturated rings. The van der Waals surface area contributed by atoms with Gasteiger partial charge in [-0.1, -0.05) is 23.8 Å². The van der Waals surface area contributed by atoms with Crippen molar-refractivity contribution in [2.45, 2.75) is 20.0 Å². The fourth-order valence-electron chi connectivity index (χ4n) is 1.90. The lowest BCUT2D eigenvalue weighted by Crippen LogP contribution is -2.19. The molecule has 0 bridgehead atoms. The third-order valence-corrected chi connectivity index (χ3v) is 2.87. The largest absolute Gasteiger partial charge is 0.484 e. The van der Waals surface area contributed by atoms with Crippen molar-refractivity contribution in [1.82, 2.24) is 4.98 Å². The van der Waals surface area contributed by atoms with Crippen LogP contribution >= 0.6 is 0 Å². The SMILES string of the molecule is Cc1ccc(OC(CN)c2cccnc2)c(C)c1. The molecule has 18 heavy (non-hydrogen) atoms. The molecule has 0 spiro atoms. The van der Waals surface area contributed by atoms with Crippen LogP contribution in [0.5, 0.6) is 5.75 Å². The summed E-state index contributed by atoms with van der Waals surface area (Å²) in [7, 11) is 0. The van der Waals surface area contributed by atoms with E-state index in [9.17, 15) is 0 Å². The van der Waals surface area contributed by atoms with E-state index in [1.54, 1.807) is 12.4 Å². The second-order valence-corrected chi connectivity index (χ2v) is 4.40. The first-order valence-corrected chi connectivity index (χ1v) is 6.04. The number of ether oxygens (including phenoxy) is 1. The van der Waals surface area contributed by atoms with E-state index in [4.69, 9.17) is 10.5 Å². The highest BCUT2D eigenvalue weighted by Gasteiger charge is 2.12. The maximum atomic E-state index is 5.97. The first-order valence-electron chi connectivity index (χ1n) is 6.04. The van der Waals surface area contributed by atoms with Gasteiger partial charge in [-0.3, -0.25) is 4.98 Å². The molecule has 2 aromatic rings. The average Bonchev–Trinajstić information content (AvgIpc) is 2.39. The van der Waals surface area contributed by atoms with Crippen LogP contribution in [0, 0.1) is 13.8 Å². The van der Waals surface area contributed by atoms with Crippen LogP contribution < -0.4 is 10.5 Å². The smallest absolute Gasteiger partial charge is 0.137 e. The van der Waals surface area contributed by atoms with Crippen LogP contribution in [0.1, 0.15) is 22.8 Å². The fraction of sp³-hybridized carbons (Fsp3) is 0.267.